The van der Waals surface area contributed by atoms with Gasteiger partial charge in [-0.1, -0.05) is 77.9 Å². The van der Waals surface area contributed by atoms with E-state index >= 15 is 0 Å². The molecular formula is C52H70N2O7. The molecule has 0 unspecified atom stereocenters. The van der Waals surface area contributed by atoms with Crippen LogP contribution in [0.1, 0.15) is 109 Å². The smallest absolute Gasteiger partial charge is 0.311 e. The van der Waals surface area contributed by atoms with Crippen LogP contribution >= 0.6 is 0 Å². The van der Waals surface area contributed by atoms with Gasteiger partial charge in [0.05, 0.1) is 38.3 Å². The number of hydrogen-bond acceptors (Lipinski definition) is 9. The number of nitrogens with one attached hydrogen (secondary N) is 1. The number of rotatable bonds is 9. The molecule has 0 aromatic heterocycles. The molecule has 2 heterocycles. The quantitative estimate of drug-likeness (QED) is 0.130. The van der Waals surface area contributed by atoms with E-state index in [1.807, 2.05) is 30.3 Å². The standard InChI is InChI=1S/C26H35NO3.C21H26O2.C5H9NO2/c1-26(2,3)22-8-11-23(12-9-22)30-24-10-7-19-13-18(5-6-20(19)14-24)15-27-16-21(17-27)25(28)29-4;1-21(2,3)18-7-10-19(11-8-18)23-20-9-6-16-12-15(14-22)4-5-17(16)13-20;1-8-5(7)4-2-6-3-4/h5-7,10,13-14,21-23H,8-9,11-12,15-17H2,1-4H3;4-6,9,12-14,18-19H,7-8,10-11H2,1-3H3;4,6H,2-3H2,1H3. The average Bonchev–Trinajstić information content (AvgIpc) is 3.21. The number of benzene rings is 4. The van der Waals surface area contributed by atoms with Crippen molar-refractivity contribution in [3.63, 3.8) is 0 Å². The van der Waals surface area contributed by atoms with Crippen molar-refractivity contribution in [1.29, 1.82) is 0 Å². The molecular weight excluding hydrogens is 765 g/mol. The van der Waals surface area contributed by atoms with Gasteiger partial charge in [-0.25, -0.2) is 0 Å². The molecule has 9 nitrogen and oxygen atoms in total. The lowest BCUT2D eigenvalue weighted by Gasteiger charge is -2.37. The van der Waals surface area contributed by atoms with Gasteiger partial charge in [0.25, 0.3) is 0 Å². The number of ether oxygens (including phenoxy) is 4. The van der Waals surface area contributed by atoms with Crippen LogP contribution in [0.5, 0.6) is 11.5 Å². The zero-order chi connectivity index (χ0) is 43.7. The molecule has 2 saturated carbocycles. The Balaban J connectivity index is 0.000000177. The molecule has 0 spiro atoms. The summed E-state index contributed by atoms with van der Waals surface area (Å²) in [5.74, 6) is 3.51. The minimum Gasteiger partial charge on any atom is -0.490 e. The van der Waals surface area contributed by atoms with Crippen LogP contribution in [0.15, 0.2) is 72.8 Å². The van der Waals surface area contributed by atoms with Crippen LogP contribution in [0.4, 0.5) is 0 Å². The van der Waals surface area contributed by atoms with E-state index in [0.717, 1.165) is 98.8 Å². The Morgan fingerprint density at radius 3 is 1.48 bits per heavy atom. The summed E-state index contributed by atoms with van der Waals surface area (Å²) < 4.78 is 21.8. The fourth-order valence-electron chi connectivity index (χ4n) is 9.21. The van der Waals surface area contributed by atoms with E-state index in [2.05, 4.69) is 99.0 Å². The van der Waals surface area contributed by atoms with E-state index in [9.17, 15) is 14.4 Å². The van der Waals surface area contributed by atoms with Crippen LogP contribution in [-0.2, 0) is 25.6 Å². The van der Waals surface area contributed by atoms with Gasteiger partial charge in [-0.3, -0.25) is 19.3 Å². The maximum Gasteiger partial charge on any atom is 0.311 e. The van der Waals surface area contributed by atoms with Crippen molar-refractivity contribution in [2.45, 2.75) is 112 Å². The molecule has 0 atom stereocenters. The Hall–Kier alpha value is -4.47. The summed E-state index contributed by atoms with van der Waals surface area (Å²) in [6.07, 6.45) is 11.2. The molecule has 0 radical (unpaired) electrons. The molecule has 61 heavy (non-hydrogen) atoms. The van der Waals surface area contributed by atoms with Crippen LogP contribution < -0.4 is 14.8 Å². The van der Waals surface area contributed by atoms with Crippen LogP contribution in [0.25, 0.3) is 21.5 Å². The summed E-state index contributed by atoms with van der Waals surface area (Å²) in [5, 5.41) is 7.63. The highest BCUT2D eigenvalue weighted by Crippen LogP contribution is 2.40. The summed E-state index contributed by atoms with van der Waals surface area (Å²) in [6, 6.07) is 25.0. The fourth-order valence-corrected chi connectivity index (χ4v) is 9.21. The Morgan fingerprint density at radius 2 is 1.05 bits per heavy atom. The zero-order valence-corrected chi connectivity index (χ0v) is 38.0. The third-order valence-corrected chi connectivity index (χ3v) is 13.5. The highest BCUT2D eigenvalue weighted by atomic mass is 16.5. The van der Waals surface area contributed by atoms with Crippen LogP contribution in [0.3, 0.4) is 0 Å². The molecule has 0 bridgehead atoms. The third kappa shape index (κ3) is 12.8. The molecule has 4 aromatic rings. The first-order chi connectivity index (χ1) is 29.1. The minimum absolute atomic E-state index is 0.0358. The van der Waals surface area contributed by atoms with Crippen molar-refractivity contribution in [3.8, 4) is 11.5 Å². The molecule has 1 N–H and O–H groups in total. The largest absolute Gasteiger partial charge is 0.490 e. The number of carbonyl (C=O) groups is 3. The second-order valence-electron chi connectivity index (χ2n) is 19.9. The van der Waals surface area contributed by atoms with Gasteiger partial charge < -0.3 is 24.3 Å². The van der Waals surface area contributed by atoms with E-state index in [-0.39, 0.29) is 23.8 Å². The van der Waals surface area contributed by atoms with E-state index < -0.39 is 0 Å². The zero-order valence-electron chi connectivity index (χ0n) is 38.0. The van der Waals surface area contributed by atoms with Gasteiger partial charge in [0, 0.05) is 38.3 Å². The molecule has 2 aliphatic carbocycles. The van der Waals surface area contributed by atoms with Crippen LogP contribution in [0, 0.1) is 34.5 Å². The lowest BCUT2D eigenvalue weighted by molar-refractivity contribution is -0.151. The molecule has 9 heteroatoms. The van der Waals surface area contributed by atoms with Crippen LogP contribution in [0.2, 0.25) is 0 Å². The first-order valence-electron chi connectivity index (χ1n) is 22.6. The summed E-state index contributed by atoms with van der Waals surface area (Å²) in [6.45, 7) is 18.1. The number of aldehydes is 1. The molecule has 2 saturated heterocycles. The van der Waals surface area contributed by atoms with Gasteiger partial charge in [-0.05, 0) is 138 Å². The highest BCUT2D eigenvalue weighted by Gasteiger charge is 2.34. The van der Waals surface area contributed by atoms with Crippen molar-refractivity contribution in [1.82, 2.24) is 10.2 Å². The third-order valence-electron chi connectivity index (χ3n) is 13.5. The molecule has 2 aliphatic heterocycles. The maximum absolute atomic E-state index is 11.5. The normalized spacial score (nSPS) is 22.3. The molecule has 4 fully saturated rings. The Labute approximate surface area is 364 Å². The van der Waals surface area contributed by atoms with E-state index in [0.29, 0.717) is 28.6 Å². The van der Waals surface area contributed by atoms with Gasteiger partial charge in [0.2, 0.25) is 0 Å². The topological polar surface area (TPSA) is 103 Å². The van der Waals surface area contributed by atoms with Crippen molar-refractivity contribution < 1.29 is 33.3 Å². The number of hydrogen-bond donors (Lipinski definition) is 1. The Morgan fingerprint density at radius 1 is 0.607 bits per heavy atom. The fraction of sp³-hybridized carbons (Fsp3) is 0.558. The molecule has 4 aliphatic rings. The molecule has 0 amide bonds. The number of nitrogens with zero attached hydrogens (tertiary/aromatic N) is 1. The highest BCUT2D eigenvalue weighted by molar-refractivity contribution is 5.89. The monoisotopic (exact) mass is 835 g/mol. The summed E-state index contributed by atoms with van der Waals surface area (Å²) in [7, 11) is 2.88. The van der Waals surface area contributed by atoms with Gasteiger partial charge in [-0.2, -0.15) is 0 Å². The van der Waals surface area contributed by atoms with Crippen molar-refractivity contribution in [2.75, 3.05) is 40.4 Å². The van der Waals surface area contributed by atoms with Crippen molar-refractivity contribution in [3.05, 3.63) is 83.9 Å². The predicted molar refractivity (Wildman–Crippen MR) is 244 cm³/mol. The van der Waals surface area contributed by atoms with Gasteiger partial charge in [0.1, 0.15) is 17.8 Å². The van der Waals surface area contributed by atoms with Crippen molar-refractivity contribution >= 4 is 39.8 Å². The molecule has 8 rings (SSSR count). The predicted octanol–water partition coefficient (Wildman–Crippen LogP) is 10.4. The SMILES string of the molecule is CC(C)(C)C1CCC(Oc2ccc3cc(C=O)ccc3c2)CC1.COC(=O)C1CN(Cc2ccc3cc(OC4CCC(C(C)(C)C)CC4)ccc3c2)C1.COC(=O)C1CNC1. The van der Waals surface area contributed by atoms with Gasteiger partial charge in [0.15, 0.2) is 0 Å². The summed E-state index contributed by atoms with van der Waals surface area (Å²) in [5.41, 5.74) is 2.80. The molecule has 4 aromatic carbocycles. The first-order valence-corrected chi connectivity index (χ1v) is 22.6. The maximum atomic E-state index is 11.5. The van der Waals surface area contributed by atoms with Crippen LogP contribution in [-0.4, -0.2) is 75.7 Å². The van der Waals surface area contributed by atoms with Gasteiger partial charge in [-0.15, -0.1) is 0 Å². The number of likely N-dealkylation sites (tertiary alicyclic amines) is 1. The summed E-state index contributed by atoms with van der Waals surface area (Å²) in [4.78, 5) is 35.2. The van der Waals surface area contributed by atoms with E-state index in [1.54, 1.807) is 0 Å². The lowest BCUT2D eigenvalue weighted by Crippen LogP contribution is -2.49. The lowest BCUT2D eigenvalue weighted by atomic mass is 9.72. The number of carbonyl (C=O) groups excluding carboxylic acids is 3. The van der Waals surface area contributed by atoms with Crippen molar-refractivity contribution in [2.24, 2.45) is 34.5 Å². The van der Waals surface area contributed by atoms with E-state index in [4.69, 9.17) is 14.2 Å². The average molecular weight is 835 g/mol. The summed E-state index contributed by atoms with van der Waals surface area (Å²) >= 11 is 0. The number of fused-ring (bicyclic) bond motifs is 2. The second-order valence-corrected chi connectivity index (χ2v) is 19.9. The Bertz CT molecular complexity index is 2080. The number of esters is 2. The van der Waals surface area contributed by atoms with Gasteiger partial charge >= 0.3 is 11.9 Å². The Kier molecular flexibility index (Phi) is 15.5. The molecule has 330 valence electrons. The minimum atomic E-state index is -0.0937. The first kappa shape index (κ1) is 46.0. The number of methoxy groups -OCH3 is 2. The van der Waals surface area contributed by atoms with E-state index in [1.165, 1.54) is 56.2 Å². The second kappa shape index (κ2) is 20.6.